The van der Waals surface area contributed by atoms with E-state index in [1.807, 2.05) is 13.1 Å². The van der Waals surface area contributed by atoms with Crippen LogP contribution in [0.15, 0.2) is 18.6 Å². The molecule has 2 N–H and O–H groups in total. The van der Waals surface area contributed by atoms with Gasteiger partial charge in [-0.15, -0.1) is 0 Å². The molecule has 0 saturated carbocycles. The molecule has 0 aromatic carbocycles. The van der Waals surface area contributed by atoms with E-state index in [4.69, 9.17) is 5.73 Å². The van der Waals surface area contributed by atoms with Gasteiger partial charge >= 0.3 is 5.97 Å². The van der Waals surface area contributed by atoms with Crippen LogP contribution < -0.4 is 5.73 Å². The highest BCUT2D eigenvalue weighted by Gasteiger charge is 2.15. The monoisotopic (exact) mass is 249 g/mol. The Hall–Kier alpha value is -2.31. The van der Waals surface area contributed by atoms with Crippen molar-refractivity contribution in [3.8, 4) is 0 Å². The molecule has 7 heteroatoms. The molecule has 18 heavy (non-hydrogen) atoms. The number of rotatable bonds is 4. The number of nitrogen functional groups attached to an aromatic ring is 1. The van der Waals surface area contributed by atoms with Crippen LogP contribution in [0, 0.1) is 0 Å². The predicted octanol–water partition coefficient (Wildman–Crippen LogP) is 0.228. The Morgan fingerprint density at radius 1 is 1.56 bits per heavy atom. The molecule has 0 amide bonds. The summed E-state index contributed by atoms with van der Waals surface area (Å²) < 4.78 is 8.11. The first kappa shape index (κ1) is 12.2. The van der Waals surface area contributed by atoms with Gasteiger partial charge < -0.3 is 15.0 Å². The maximum atomic E-state index is 11.3. The van der Waals surface area contributed by atoms with E-state index in [0.29, 0.717) is 12.4 Å². The third kappa shape index (κ3) is 2.20. The number of carbonyl (C=O) groups is 1. The third-order valence-corrected chi connectivity index (χ3v) is 2.79. The zero-order valence-corrected chi connectivity index (χ0v) is 10.3. The predicted molar refractivity (Wildman–Crippen MR) is 64.9 cm³/mol. The minimum atomic E-state index is -0.521. The fraction of sp³-hybridized carbons (Fsp3) is 0.364. The number of nitrogens with zero attached hydrogens (tertiary/aromatic N) is 4. The largest absolute Gasteiger partial charge is 0.464 e. The van der Waals surface area contributed by atoms with E-state index >= 15 is 0 Å². The van der Waals surface area contributed by atoms with Crippen LogP contribution in [-0.4, -0.2) is 32.4 Å². The van der Waals surface area contributed by atoms with Gasteiger partial charge in [0.2, 0.25) is 0 Å². The second-order valence-electron chi connectivity index (χ2n) is 3.86. The summed E-state index contributed by atoms with van der Waals surface area (Å²) in [6.45, 7) is 0.634. The van der Waals surface area contributed by atoms with Crippen molar-refractivity contribution in [2.45, 2.75) is 13.0 Å². The Balaban J connectivity index is 2.09. The average molecular weight is 249 g/mol. The number of esters is 1. The molecule has 7 nitrogen and oxygen atoms in total. The molecular formula is C11H15N5O2. The van der Waals surface area contributed by atoms with Crippen LogP contribution in [0.1, 0.15) is 16.2 Å². The summed E-state index contributed by atoms with van der Waals surface area (Å²) >= 11 is 0. The summed E-state index contributed by atoms with van der Waals surface area (Å²) in [6.07, 6.45) is 4.04. The normalized spacial score (nSPS) is 10.6. The first-order chi connectivity index (χ1) is 8.63. The van der Waals surface area contributed by atoms with Crippen molar-refractivity contribution in [3.63, 3.8) is 0 Å². The van der Waals surface area contributed by atoms with Gasteiger partial charge in [-0.3, -0.25) is 4.68 Å². The molecule has 0 fully saturated rings. The second-order valence-corrected chi connectivity index (χ2v) is 3.86. The number of carbonyl (C=O) groups excluding carboxylic acids is 1. The molecule has 0 aliphatic carbocycles. The SMILES string of the molecule is COC(=O)c1ncn(CCc2ccnn2C)c1N. The van der Waals surface area contributed by atoms with Gasteiger partial charge in [-0.1, -0.05) is 0 Å². The molecule has 2 heterocycles. The van der Waals surface area contributed by atoms with E-state index in [1.165, 1.54) is 13.4 Å². The fourth-order valence-electron chi connectivity index (χ4n) is 1.71. The molecule has 0 atom stereocenters. The number of imidazole rings is 1. The quantitative estimate of drug-likeness (QED) is 0.783. The van der Waals surface area contributed by atoms with Crippen molar-refractivity contribution in [2.75, 3.05) is 12.8 Å². The van der Waals surface area contributed by atoms with E-state index in [1.54, 1.807) is 15.4 Å². The lowest BCUT2D eigenvalue weighted by Crippen LogP contribution is -2.10. The lowest BCUT2D eigenvalue weighted by Gasteiger charge is -2.05. The number of ether oxygens (including phenoxy) is 1. The van der Waals surface area contributed by atoms with Crippen molar-refractivity contribution >= 4 is 11.8 Å². The van der Waals surface area contributed by atoms with E-state index < -0.39 is 5.97 Å². The standard InChI is InChI=1S/C11H15N5O2/c1-15-8(3-5-14-15)4-6-16-7-13-9(10(16)12)11(17)18-2/h3,5,7H,4,6,12H2,1-2H3. The minimum absolute atomic E-state index is 0.155. The highest BCUT2D eigenvalue weighted by Crippen LogP contribution is 2.12. The number of aromatic nitrogens is 4. The van der Waals surface area contributed by atoms with Gasteiger partial charge in [0.05, 0.1) is 13.4 Å². The summed E-state index contributed by atoms with van der Waals surface area (Å²) in [7, 11) is 3.18. The van der Waals surface area contributed by atoms with Crippen LogP contribution in [0.25, 0.3) is 0 Å². The van der Waals surface area contributed by atoms with Crippen molar-refractivity contribution in [3.05, 3.63) is 30.0 Å². The summed E-state index contributed by atoms with van der Waals surface area (Å²) in [4.78, 5) is 15.3. The molecule has 2 rings (SSSR count). The van der Waals surface area contributed by atoms with Crippen LogP contribution in [-0.2, 0) is 24.8 Å². The van der Waals surface area contributed by atoms with Crippen molar-refractivity contribution < 1.29 is 9.53 Å². The number of hydrogen-bond donors (Lipinski definition) is 1. The zero-order chi connectivity index (χ0) is 13.1. The lowest BCUT2D eigenvalue weighted by molar-refractivity contribution is 0.0596. The van der Waals surface area contributed by atoms with Gasteiger partial charge in [-0.2, -0.15) is 5.10 Å². The van der Waals surface area contributed by atoms with Crippen molar-refractivity contribution in [1.29, 1.82) is 0 Å². The molecule has 0 bridgehead atoms. The summed E-state index contributed by atoms with van der Waals surface area (Å²) in [5.41, 5.74) is 7.08. The number of anilines is 1. The summed E-state index contributed by atoms with van der Waals surface area (Å²) in [5, 5.41) is 4.08. The van der Waals surface area contributed by atoms with Crippen LogP contribution in [0.4, 0.5) is 5.82 Å². The first-order valence-electron chi connectivity index (χ1n) is 5.49. The van der Waals surface area contributed by atoms with Gasteiger partial charge in [-0.05, 0) is 6.07 Å². The maximum Gasteiger partial charge on any atom is 0.360 e. The van der Waals surface area contributed by atoms with Crippen LogP contribution in [0.2, 0.25) is 0 Å². The van der Waals surface area contributed by atoms with E-state index in [9.17, 15) is 4.79 Å². The Bertz CT molecular complexity index is 558. The number of hydrogen-bond acceptors (Lipinski definition) is 5. The number of aryl methyl sites for hydroxylation is 3. The summed E-state index contributed by atoms with van der Waals surface area (Å²) in [5.74, 6) is -0.198. The number of nitrogens with two attached hydrogens (primary N) is 1. The molecular weight excluding hydrogens is 234 g/mol. The minimum Gasteiger partial charge on any atom is -0.464 e. The van der Waals surface area contributed by atoms with Gasteiger partial charge in [0.25, 0.3) is 0 Å². The second kappa shape index (κ2) is 4.91. The zero-order valence-electron chi connectivity index (χ0n) is 10.3. The lowest BCUT2D eigenvalue weighted by atomic mass is 10.3. The van der Waals surface area contributed by atoms with Crippen LogP contribution in [0.5, 0.6) is 0 Å². The fourth-order valence-corrected chi connectivity index (χ4v) is 1.71. The highest BCUT2D eigenvalue weighted by molar-refractivity contribution is 5.91. The van der Waals surface area contributed by atoms with Gasteiger partial charge in [0.1, 0.15) is 5.82 Å². The molecule has 2 aromatic rings. The Kier molecular flexibility index (Phi) is 3.31. The molecule has 0 aliphatic heterocycles. The van der Waals surface area contributed by atoms with Gasteiger partial charge in [0.15, 0.2) is 5.69 Å². The van der Waals surface area contributed by atoms with Crippen molar-refractivity contribution in [1.82, 2.24) is 19.3 Å². The third-order valence-electron chi connectivity index (χ3n) is 2.79. The highest BCUT2D eigenvalue weighted by atomic mass is 16.5. The van der Waals surface area contributed by atoms with Crippen molar-refractivity contribution in [2.24, 2.45) is 7.05 Å². The molecule has 0 unspecified atom stereocenters. The van der Waals surface area contributed by atoms with Crippen LogP contribution in [0.3, 0.4) is 0 Å². The van der Waals surface area contributed by atoms with E-state index in [2.05, 4.69) is 14.8 Å². The van der Waals surface area contributed by atoms with E-state index in [-0.39, 0.29) is 5.69 Å². The molecule has 0 aliphatic rings. The maximum absolute atomic E-state index is 11.3. The Labute approximate surface area is 104 Å². The number of methoxy groups -OCH3 is 1. The van der Waals surface area contributed by atoms with Crippen LogP contribution >= 0.6 is 0 Å². The molecule has 0 spiro atoms. The molecule has 0 radical (unpaired) electrons. The smallest absolute Gasteiger partial charge is 0.360 e. The Morgan fingerprint density at radius 2 is 2.33 bits per heavy atom. The molecule has 0 saturated heterocycles. The Morgan fingerprint density at radius 3 is 2.94 bits per heavy atom. The average Bonchev–Trinajstić information content (AvgIpc) is 2.93. The summed E-state index contributed by atoms with van der Waals surface area (Å²) in [6, 6.07) is 1.94. The van der Waals surface area contributed by atoms with Gasteiger partial charge in [0, 0.05) is 31.9 Å². The molecule has 2 aromatic heterocycles. The van der Waals surface area contributed by atoms with Gasteiger partial charge in [-0.25, -0.2) is 9.78 Å². The first-order valence-corrected chi connectivity index (χ1v) is 5.49. The topological polar surface area (TPSA) is 88.0 Å². The van der Waals surface area contributed by atoms with E-state index in [0.717, 1.165) is 12.1 Å². The molecule has 96 valence electrons.